The van der Waals surface area contributed by atoms with Crippen molar-refractivity contribution >= 4 is 34.9 Å². The van der Waals surface area contributed by atoms with Gasteiger partial charge in [-0.1, -0.05) is 61.5 Å². The normalized spacial score (nSPS) is 10.6. The molecule has 1 aromatic carbocycles. The van der Waals surface area contributed by atoms with Crippen molar-refractivity contribution in [2.24, 2.45) is 0 Å². The van der Waals surface area contributed by atoms with E-state index in [0.717, 1.165) is 37.6 Å². The number of aromatic nitrogens is 1. The van der Waals surface area contributed by atoms with Gasteiger partial charge in [-0.05, 0) is 35.2 Å². The zero-order valence-electron chi connectivity index (χ0n) is 14.6. The van der Waals surface area contributed by atoms with Crippen LogP contribution in [0.3, 0.4) is 0 Å². The zero-order valence-corrected chi connectivity index (χ0v) is 17.1. The molecule has 0 radical (unpaired) electrons. The van der Waals surface area contributed by atoms with Crippen molar-refractivity contribution in [2.75, 3.05) is 10.8 Å². The van der Waals surface area contributed by atoms with Crippen LogP contribution in [0.25, 0.3) is 21.7 Å². The molecule has 0 saturated carbocycles. The van der Waals surface area contributed by atoms with Crippen molar-refractivity contribution in [1.82, 2.24) is 4.98 Å². The molecule has 5 heteroatoms. The van der Waals surface area contributed by atoms with Crippen LogP contribution in [0, 0.1) is 11.3 Å². The number of rotatable bonds is 8. The lowest BCUT2D eigenvalue weighted by Gasteiger charge is -2.11. The molecule has 2 heterocycles. The lowest BCUT2D eigenvalue weighted by Crippen LogP contribution is -1.95. The Morgan fingerprint density at radius 2 is 2.00 bits per heavy atom. The van der Waals surface area contributed by atoms with Gasteiger partial charge in [-0.3, -0.25) is 0 Å². The van der Waals surface area contributed by atoms with Gasteiger partial charge in [0.15, 0.2) is 0 Å². The zero-order chi connectivity index (χ0) is 18.2. The standard InChI is InChI=1S/C21H20N2S3/c1-2-3-11-24-15-26-21-18(14-22)17(16-8-5-4-6-9-16)13-19(23-21)20-10-7-12-25-20/h4-10,12-13H,2-3,11,15H2,1H3. The highest BCUT2D eigenvalue weighted by Gasteiger charge is 2.16. The van der Waals surface area contributed by atoms with Crippen LogP contribution in [-0.2, 0) is 0 Å². The molecule has 0 aliphatic rings. The van der Waals surface area contributed by atoms with E-state index in [0.29, 0.717) is 5.56 Å². The minimum atomic E-state index is 0.678. The fourth-order valence-electron chi connectivity index (χ4n) is 2.53. The number of thioether (sulfide) groups is 2. The number of nitriles is 1. The van der Waals surface area contributed by atoms with Crippen LogP contribution in [0.2, 0.25) is 0 Å². The first-order chi connectivity index (χ1) is 12.8. The average molecular weight is 397 g/mol. The van der Waals surface area contributed by atoms with Crippen molar-refractivity contribution in [3.05, 3.63) is 59.5 Å². The summed E-state index contributed by atoms with van der Waals surface area (Å²) in [5.41, 5.74) is 3.65. The molecule has 26 heavy (non-hydrogen) atoms. The Bertz CT molecular complexity index is 868. The highest BCUT2D eigenvalue weighted by Crippen LogP contribution is 2.36. The molecule has 3 rings (SSSR count). The summed E-state index contributed by atoms with van der Waals surface area (Å²) in [6, 6.07) is 18.7. The fraction of sp³-hybridized carbons (Fsp3) is 0.238. The topological polar surface area (TPSA) is 36.7 Å². The van der Waals surface area contributed by atoms with Crippen LogP contribution in [-0.4, -0.2) is 15.8 Å². The average Bonchev–Trinajstić information content (AvgIpc) is 3.22. The van der Waals surface area contributed by atoms with Gasteiger partial charge in [0, 0.05) is 10.6 Å². The van der Waals surface area contributed by atoms with Crippen LogP contribution in [0.1, 0.15) is 25.3 Å². The van der Waals surface area contributed by atoms with E-state index >= 15 is 0 Å². The fourth-order valence-corrected chi connectivity index (χ4v) is 5.43. The molecule has 0 atom stereocenters. The van der Waals surface area contributed by atoms with Gasteiger partial charge >= 0.3 is 0 Å². The molecular weight excluding hydrogens is 376 g/mol. The Kier molecular flexibility index (Phi) is 7.19. The second kappa shape index (κ2) is 9.82. The molecule has 0 amide bonds. The molecule has 2 aromatic heterocycles. The van der Waals surface area contributed by atoms with Gasteiger partial charge in [-0.2, -0.15) is 17.0 Å². The lowest BCUT2D eigenvalue weighted by atomic mass is 10.0. The molecule has 0 fully saturated rings. The van der Waals surface area contributed by atoms with Gasteiger partial charge in [0.2, 0.25) is 0 Å². The van der Waals surface area contributed by atoms with Gasteiger partial charge in [0.25, 0.3) is 0 Å². The maximum Gasteiger partial charge on any atom is 0.116 e. The monoisotopic (exact) mass is 396 g/mol. The summed E-state index contributed by atoms with van der Waals surface area (Å²) in [6.45, 7) is 2.21. The Hall–Kier alpha value is -1.74. The highest BCUT2D eigenvalue weighted by molar-refractivity contribution is 8.15. The van der Waals surface area contributed by atoms with Crippen LogP contribution in [0.5, 0.6) is 0 Å². The molecule has 0 aliphatic carbocycles. The predicted octanol–water partition coefficient (Wildman–Crippen LogP) is 6.93. The third kappa shape index (κ3) is 4.70. The Labute approximate surface area is 167 Å². The van der Waals surface area contributed by atoms with E-state index in [1.807, 2.05) is 42.1 Å². The summed E-state index contributed by atoms with van der Waals surface area (Å²) in [6.07, 6.45) is 2.44. The van der Waals surface area contributed by atoms with Gasteiger partial charge in [-0.15, -0.1) is 11.3 Å². The molecule has 0 unspecified atom stereocenters. The molecule has 3 aromatic rings. The second-order valence-electron chi connectivity index (χ2n) is 5.71. The van der Waals surface area contributed by atoms with E-state index in [9.17, 15) is 5.26 Å². The summed E-state index contributed by atoms with van der Waals surface area (Å²) >= 11 is 5.27. The molecule has 0 saturated heterocycles. The third-order valence-corrected chi connectivity index (χ3v) is 7.05. The molecule has 0 aliphatic heterocycles. The van der Waals surface area contributed by atoms with Crippen molar-refractivity contribution in [2.45, 2.75) is 24.8 Å². The van der Waals surface area contributed by atoms with Crippen LogP contribution in [0.15, 0.2) is 58.9 Å². The minimum absolute atomic E-state index is 0.678. The predicted molar refractivity (Wildman–Crippen MR) is 116 cm³/mol. The number of hydrogen-bond acceptors (Lipinski definition) is 5. The van der Waals surface area contributed by atoms with E-state index in [1.165, 1.54) is 12.8 Å². The van der Waals surface area contributed by atoms with Gasteiger partial charge in [0.1, 0.15) is 11.1 Å². The summed E-state index contributed by atoms with van der Waals surface area (Å²) < 4.78 is 0. The van der Waals surface area contributed by atoms with Crippen LogP contribution >= 0.6 is 34.9 Å². The van der Waals surface area contributed by atoms with Crippen molar-refractivity contribution < 1.29 is 0 Å². The van der Waals surface area contributed by atoms with Crippen molar-refractivity contribution in [3.63, 3.8) is 0 Å². The molecule has 0 spiro atoms. The number of hydrogen-bond donors (Lipinski definition) is 0. The Balaban J connectivity index is 1.98. The number of unbranched alkanes of at least 4 members (excludes halogenated alkanes) is 1. The van der Waals surface area contributed by atoms with Gasteiger partial charge in [-0.25, -0.2) is 4.98 Å². The Morgan fingerprint density at radius 1 is 1.15 bits per heavy atom. The molecule has 2 nitrogen and oxygen atoms in total. The van der Waals surface area contributed by atoms with E-state index in [4.69, 9.17) is 4.98 Å². The summed E-state index contributed by atoms with van der Waals surface area (Å²) in [5, 5.41) is 13.6. The number of benzene rings is 1. The summed E-state index contributed by atoms with van der Waals surface area (Å²) in [4.78, 5) is 5.96. The molecule has 0 N–H and O–H groups in total. The molecule has 132 valence electrons. The second-order valence-corrected chi connectivity index (χ2v) is 9.10. The molecular formula is C21H20N2S3. The van der Waals surface area contributed by atoms with E-state index in [1.54, 1.807) is 23.1 Å². The number of thiophene rings is 1. The largest absolute Gasteiger partial charge is 0.239 e. The van der Waals surface area contributed by atoms with Crippen molar-refractivity contribution in [3.8, 4) is 27.8 Å². The van der Waals surface area contributed by atoms with Crippen molar-refractivity contribution in [1.29, 1.82) is 5.26 Å². The maximum atomic E-state index is 9.82. The first-order valence-electron chi connectivity index (χ1n) is 8.58. The third-order valence-electron chi connectivity index (χ3n) is 3.88. The summed E-state index contributed by atoms with van der Waals surface area (Å²) in [7, 11) is 0. The van der Waals surface area contributed by atoms with Gasteiger partial charge in [0.05, 0.1) is 16.1 Å². The smallest absolute Gasteiger partial charge is 0.116 e. The Morgan fingerprint density at radius 3 is 2.69 bits per heavy atom. The van der Waals surface area contributed by atoms with E-state index in [2.05, 4.69) is 36.6 Å². The quantitative estimate of drug-likeness (QED) is 0.235. The summed E-state index contributed by atoms with van der Waals surface area (Å²) in [5.74, 6) is 1.15. The SMILES string of the molecule is CCCCSCSc1nc(-c2cccs2)cc(-c2ccccc2)c1C#N. The van der Waals surface area contributed by atoms with Crippen LogP contribution in [0.4, 0.5) is 0 Å². The number of pyridine rings is 1. The van der Waals surface area contributed by atoms with Crippen LogP contribution < -0.4 is 0 Å². The van der Waals surface area contributed by atoms with E-state index < -0.39 is 0 Å². The first-order valence-corrected chi connectivity index (χ1v) is 11.6. The first kappa shape index (κ1) is 19.0. The number of nitrogens with zero attached hydrogens (tertiary/aromatic N) is 2. The minimum Gasteiger partial charge on any atom is -0.239 e. The maximum absolute atomic E-state index is 9.82. The highest BCUT2D eigenvalue weighted by atomic mass is 32.2. The van der Waals surface area contributed by atoms with Gasteiger partial charge < -0.3 is 0 Å². The lowest BCUT2D eigenvalue weighted by molar-refractivity contribution is 0.897. The molecule has 0 bridgehead atoms. The van der Waals surface area contributed by atoms with E-state index in [-0.39, 0.29) is 0 Å².